The number of benzene rings is 3. The molecule has 0 unspecified atom stereocenters. The molecule has 2 heterocycles. The van der Waals surface area contributed by atoms with E-state index in [2.05, 4.69) is 15.5 Å². The molecule has 5 aromatic rings. The number of amides is 1. The van der Waals surface area contributed by atoms with Gasteiger partial charge in [-0.2, -0.15) is 0 Å². The number of hydrogen-bond acceptors (Lipinski definition) is 6. The number of carbonyl (C=O) groups excluding carboxylic acids is 1. The smallest absolute Gasteiger partial charge is 0.263 e. The molecular formula is C26H23N5O3S. The summed E-state index contributed by atoms with van der Waals surface area (Å²) in [6.07, 6.45) is 0.313. The molecule has 8 nitrogen and oxygen atoms in total. The first kappa shape index (κ1) is 22.7. The predicted octanol–water partition coefficient (Wildman–Crippen LogP) is 4.22. The highest BCUT2D eigenvalue weighted by molar-refractivity contribution is 7.99. The summed E-state index contributed by atoms with van der Waals surface area (Å²) in [5.74, 6) is 1.58. The lowest BCUT2D eigenvalue weighted by Crippen LogP contribution is -2.24. The summed E-state index contributed by atoms with van der Waals surface area (Å²) >= 11 is 1.43. The van der Waals surface area contributed by atoms with E-state index in [9.17, 15) is 9.59 Å². The second-order valence-electron chi connectivity index (χ2n) is 7.85. The van der Waals surface area contributed by atoms with E-state index in [4.69, 9.17) is 4.74 Å². The van der Waals surface area contributed by atoms with Gasteiger partial charge in [0.15, 0.2) is 5.16 Å². The Morgan fingerprint density at radius 3 is 2.54 bits per heavy atom. The van der Waals surface area contributed by atoms with Crippen molar-refractivity contribution < 1.29 is 9.53 Å². The fourth-order valence-electron chi connectivity index (χ4n) is 3.95. The molecule has 0 spiro atoms. The van der Waals surface area contributed by atoms with Gasteiger partial charge in [-0.15, -0.1) is 10.2 Å². The van der Waals surface area contributed by atoms with Crippen molar-refractivity contribution in [3.05, 3.63) is 94.8 Å². The molecule has 35 heavy (non-hydrogen) atoms. The standard InChI is InChI=1S/C26H23N5O3S/c1-34-22-14-8-5-9-18(22)17-30-24(33)20-12-6-7-13-21(20)31-25(30)28-29-26(31)35-16-15-23(32)27-19-10-3-2-4-11-19/h2-14H,15-17H2,1H3,(H,27,32). The van der Waals surface area contributed by atoms with Crippen LogP contribution in [0.4, 0.5) is 5.69 Å². The molecule has 0 saturated heterocycles. The Morgan fingerprint density at radius 2 is 1.71 bits per heavy atom. The minimum atomic E-state index is -0.148. The molecule has 0 aliphatic rings. The zero-order valence-electron chi connectivity index (χ0n) is 19.0. The van der Waals surface area contributed by atoms with E-state index in [1.165, 1.54) is 11.8 Å². The number of ether oxygens (including phenoxy) is 1. The number of thioether (sulfide) groups is 1. The number of nitrogens with zero attached hydrogens (tertiary/aromatic N) is 4. The predicted molar refractivity (Wildman–Crippen MR) is 137 cm³/mol. The number of para-hydroxylation sites is 3. The molecule has 0 aliphatic carbocycles. The van der Waals surface area contributed by atoms with Crippen molar-refractivity contribution in [2.24, 2.45) is 0 Å². The SMILES string of the molecule is COc1ccccc1Cn1c(=O)c2ccccc2n2c(SCCC(=O)Nc3ccccc3)nnc12. The third-order valence-corrected chi connectivity index (χ3v) is 6.55. The lowest BCUT2D eigenvalue weighted by Gasteiger charge is -2.13. The van der Waals surface area contributed by atoms with Crippen LogP contribution in [-0.2, 0) is 11.3 Å². The van der Waals surface area contributed by atoms with Gasteiger partial charge >= 0.3 is 0 Å². The Labute approximate surface area is 205 Å². The Hall–Kier alpha value is -4.11. The third-order valence-electron chi connectivity index (χ3n) is 5.62. The maximum Gasteiger partial charge on any atom is 0.263 e. The number of carbonyl (C=O) groups is 1. The Kier molecular flexibility index (Phi) is 6.49. The van der Waals surface area contributed by atoms with Gasteiger partial charge in [0.05, 0.1) is 24.6 Å². The van der Waals surface area contributed by atoms with Gasteiger partial charge in [0, 0.05) is 23.4 Å². The first-order valence-corrected chi connectivity index (χ1v) is 12.1. The maximum atomic E-state index is 13.4. The van der Waals surface area contributed by atoms with E-state index in [0.29, 0.717) is 40.8 Å². The van der Waals surface area contributed by atoms with Crippen LogP contribution in [0.3, 0.4) is 0 Å². The van der Waals surface area contributed by atoms with Crippen molar-refractivity contribution in [1.82, 2.24) is 19.2 Å². The number of anilines is 1. The lowest BCUT2D eigenvalue weighted by molar-refractivity contribution is -0.115. The summed E-state index contributed by atoms with van der Waals surface area (Å²) in [5.41, 5.74) is 2.21. The second-order valence-corrected chi connectivity index (χ2v) is 8.91. The van der Waals surface area contributed by atoms with E-state index >= 15 is 0 Å². The molecule has 1 amide bonds. The van der Waals surface area contributed by atoms with Gasteiger partial charge in [0.1, 0.15) is 5.75 Å². The fourth-order valence-corrected chi connectivity index (χ4v) is 4.83. The molecule has 0 bridgehead atoms. The molecule has 0 aliphatic heterocycles. The quantitative estimate of drug-likeness (QED) is 0.331. The number of hydrogen-bond donors (Lipinski definition) is 1. The van der Waals surface area contributed by atoms with Crippen LogP contribution in [0.5, 0.6) is 5.75 Å². The topological polar surface area (TPSA) is 90.5 Å². The highest BCUT2D eigenvalue weighted by Gasteiger charge is 2.18. The highest BCUT2D eigenvalue weighted by Crippen LogP contribution is 2.24. The lowest BCUT2D eigenvalue weighted by atomic mass is 10.2. The summed E-state index contributed by atoms with van der Waals surface area (Å²) in [7, 11) is 1.61. The summed E-state index contributed by atoms with van der Waals surface area (Å²) in [5, 5.41) is 12.8. The minimum absolute atomic E-state index is 0.0736. The Morgan fingerprint density at radius 1 is 0.971 bits per heavy atom. The zero-order valence-corrected chi connectivity index (χ0v) is 19.9. The van der Waals surface area contributed by atoms with Gasteiger partial charge in [-0.05, 0) is 30.3 Å². The first-order valence-electron chi connectivity index (χ1n) is 11.1. The largest absolute Gasteiger partial charge is 0.496 e. The third kappa shape index (κ3) is 4.63. The van der Waals surface area contributed by atoms with Crippen LogP contribution in [0.2, 0.25) is 0 Å². The van der Waals surface area contributed by atoms with Crippen LogP contribution in [0.25, 0.3) is 16.7 Å². The zero-order chi connectivity index (χ0) is 24.2. The molecule has 2 aromatic heterocycles. The fraction of sp³-hybridized carbons (Fsp3) is 0.154. The van der Waals surface area contributed by atoms with Gasteiger partial charge in [0.25, 0.3) is 5.56 Å². The molecule has 176 valence electrons. The Balaban J connectivity index is 1.46. The number of aromatic nitrogens is 4. The van der Waals surface area contributed by atoms with Gasteiger partial charge in [-0.3, -0.25) is 18.6 Å². The molecule has 0 fully saturated rings. The van der Waals surface area contributed by atoms with Gasteiger partial charge in [-0.25, -0.2) is 0 Å². The van der Waals surface area contributed by atoms with E-state index < -0.39 is 0 Å². The van der Waals surface area contributed by atoms with E-state index in [1.807, 2.05) is 77.2 Å². The summed E-state index contributed by atoms with van der Waals surface area (Å²) in [4.78, 5) is 25.8. The molecule has 9 heteroatoms. The number of fused-ring (bicyclic) bond motifs is 3. The minimum Gasteiger partial charge on any atom is -0.496 e. The monoisotopic (exact) mass is 485 g/mol. The van der Waals surface area contributed by atoms with Crippen molar-refractivity contribution in [1.29, 1.82) is 0 Å². The van der Waals surface area contributed by atoms with Crippen LogP contribution in [0.15, 0.2) is 88.8 Å². The Bertz CT molecular complexity index is 1560. The molecule has 0 atom stereocenters. The normalized spacial score (nSPS) is 11.1. The number of methoxy groups -OCH3 is 1. The average Bonchev–Trinajstić information content (AvgIpc) is 3.31. The van der Waals surface area contributed by atoms with Crippen LogP contribution in [-0.4, -0.2) is 37.9 Å². The van der Waals surface area contributed by atoms with Crippen molar-refractivity contribution in [2.75, 3.05) is 18.2 Å². The van der Waals surface area contributed by atoms with Gasteiger partial charge in [0.2, 0.25) is 11.7 Å². The van der Waals surface area contributed by atoms with Crippen molar-refractivity contribution >= 4 is 40.0 Å². The van der Waals surface area contributed by atoms with Crippen molar-refractivity contribution in [3.8, 4) is 5.75 Å². The molecule has 3 aromatic carbocycles. The molecule has 1 N–H and O–H groups in total. The number of nitrogens with one attached hydrogen (secondary N) is 1. The molecule has 0 radical (unpaired) electrons. The van der Waals surface area contributed by atoms with E-state index in [1.54, 1.807) is 17.7 Å². The van der Waals surface area contributed by atoms with Crippen molar-refractivity contribution in [3.63, 3.8) is 0 Å². The molecule has 0 saturated carbocycles. The summed E-state index contributed by atoms with van der Waals surface area (Å²) in [6, 6.07) is 24.4. The first-order chi connectivity index (χ1) is 17.2. The van der Waals surface area contributed by atoms with Crippen LogP contribution < -0.4 is 15.6 Å². The average molecular weight is 486 g/mol. The summed E-state index contributed by atoms with van der Waals surface area (Å²) in [6.45, 7) is 0.291. The van der Waals surface area contributed by atoms with Crippen molar-refractivity contribution in [2.45, 2.75) is 18.1 Å². The van der Waals surface area contributed by atoms with E-state index in [-0.39, 0.29) is 11.5 Å². The van der Waals surface area contributed by atoms with Gasteiger partial charge < -0.3 is 10.1 Å². The molecule has 5 rings (SSSR count). The number of rotatable bonds is 8. The highest BCUT2D eigenvalue weighted by atomic mass is 32.2. The summed E-state index contributed by atoms with van der Waals surface area (Å²) < 4.78 is 8.97. The van der Waals surface area contributed by atoms with E-state index in [0.717, 1.165) is 16.8 Å². The van der Waals surface area contributed by atoms with Crippen LogP contribution in [0, 0.1) is 0 Å². The second kappa shape index (κ2) is 10.0. The van der Waals surface area contributed by atoms with Crippen LogP contribution in [0.1, 0.15) is 12.0 Å². The maximum absolute atomic E-state index is 13.4. The van der Waals surface area contributed by atoms with Crippen LogP contribution >= 0.6 is 11.8 Å². The molecular weight excluding hydrogens is 462 g/mol. The van der Waals surface area contributed by atoms with Gasteiger partial charge in [-0.1, -0.05) is 60.3 Å².